The van der Waals surface area contributed by atoms with Gasteiger partial charge in [-0.05, 0) is 6.92 Å². The average Bonchev–Trinajstić information content (AvgIpc) is 2.35. The fraction of sp³-hybridized carbons (Fsp3) is 0.824. The van der Waals surface area contributed by atoms with Crippen molar-refractivity contribution in [2.24, 2.45) is 0 Å². The van der Waals surface area contributed by atoms with E-state index in [1.807, 2.05) is 0 Å². The van der Waals surface area contributed by atoms with Crippen molar-refractivity contribution < 1.29 is 47.3 Å². The van der Waals surface area contributed by atoms with Crippen LogP contribution in [0.1, 0.15) is 45.4 Å². The molecule has 0 N–H and O–H groups in total. The topological polar surface area (TPSA) is 156 Å². The van der Waals surface area contributed by atoms with Crippen LogP contribution in [0.15, 0.2) is 12.2 Å². The van der Waals surface area contributed by atoms with Gasteiger partial charge >= 0.3 is 5.97 Å². The maximum absolute atomic E-state index is 12.4. The Balaban J connectivity index is 2.20. The van der Waals surface area contributed by atoms with E-state index in [0.29, 0.717) is 0 Å². The number of esters is 1. The van der Waals surface area contributed by atoms with Crippen LogP contribution in [0.4, 0.5) is 0 Å². The van der Waals surface area contributed by atoms with Crippen molar-refractivity contribution in [3.63, 3.8) is 0 Å². The van der Waals surface area contributed by atoms with Gasteiger partial charge < -0.3 is 4.74 Å². The first kappa shape index (κ1) is 24.6. The van der Waals surface area contributed by atoms with Crippen molar-refractivity contribution in [1.82, 2.24) is 0 Å². The van der Waals surface area contributed by atoms with Gasteiger partial charge in [-0.1, -0.05) is 6.58 Å². The van der Waals surface area contributed by atoms with Crippen LogP contribution in [0.3, 0.4) is 0 Å². The van der Waals surface area contributed by atoms with Crippen LogP contribution in [0, 0.1) is 0 Å². The highest BCUT2D eigenvalue weighted by Gasteiger charge is 2.74. The van der Waals surface area contributed by atoms with Crippen molar-refractivity contribution in [3.8, 4) is 0 Å². The molecule has 178 valence electrons. The van der Waals surface area contributed by atoms with Crippen molar-refractivity contribution in [2.45, 2.75) is 67.9 Å². The normalized spacial score (nSPS) is 37.5. The molecule has 4 aliphatic carbocycles. The lowest BCUT2D eigenvalue weighted by Gasteiger charge is -2.66. The highest BCUT2D eigenvalue weighted by Crippen LogP contribution is 2.66. The zero-order chi connectivity index (χ0) is 23.7. The van der Waals surface area contributed by atoms with Crippen LogP contribution in [0.5, 0.6) is 0 Å². The summed E-state index contributed by atoms with van der Waals surface area (Å²) in [5.74, 6) is -0.791. The Morgan fingerprint density at radius 1 is 0.645 bits per heavy atom. The number of carbonyl (C=O) groups is 1. The summed E-state index contributed by atoms with van der Waals surface area (Å²) in [6.45, 7) is 4.94. The quantitative estimate of drug-likeness (QED) is 0.257. The van der Waals surface area contributed by atoms with Crippen molar-refractivity contribution >= 4 is 36.3 Å². The Bertz CT molecular complexity index is 1000. The van der Waals surface area contributed by atoms with Crippen LogP contribution in [0.25, 0.3) is 0 Å². The van der Waals surface area contributed by atoms with Gasteiger partial charge in [0.25, 0.3) is 30.4 Å². The Kier molecular flexibility index (Phi) is 5.53. The Morgan fingerprint density at radius 3 is 1.13 bits per heavy atom. The molecule has 4 aliphatic rings. The van der Waals surface area contributed by atoms with E-state index in [4.69, 9.17) is 17.3 Å². The van der Waals surface area contributed by atoms with E-state index in [9.17, 15) is 30.0 Å². The van der Waals surface area contributed by atoms with E-state index in [0.717, 1.165) is 18.8 Å². The minimum absolute atomic E-state index is 0.0602. The fourth-order valence-electron chi connectivity index (χ4n) is 5.89. The third kappa shape index (κ3) is 5.47. The molecule has 0 aliphatic heterocycles. The van der Waals surface area contributed by atoms with E-state index in [1.54, 1.807) is 0 Å². The molecule has 0 heterocycles. The van der Waals surface area contributed by atoms with Gasteiger partial charge in [0, 0.05) is 44.1 Å². The molecule has 0 amide bonds. The molecule has 11 nitrogen and oxygen atoms in total. The third-order valence-corrected chi connectivity index (χ3v) is 7.48. The van der Waals surface area contributed by atoms with Gasteiger partial charge in [-0.2, -0.15) is 25.3 Å². The summed E-state index contributed by atoms with van der Waals surface area (Å²) in [6.07, 6.45) is 1.68. The number of rotatable bonds is 8. The number of ether oxygens (including phenoxy) is 1. The van der Waals surface area contributed by atoms with Gasteiger partial charge in [0.2, 0.25) is 0 Å². The summed E-state index contributed by atoms with van der Waals surface area (Å²) in [5, 5.41) is 0. The zero-order valence-electron chi connectivity index (χ0n) is 17.7. The van der Waals surface area contributed by atoms with Crippen LogP contribution in [-0.2, 0) is 52.4 Å². The molecule has 0 radical (unpaired) electrons. The molecule has 0 aromatic rings. The average molecular weight is 503 g/mol. The van der Waals surface area contributed by atoms with Crippen LogP contribution in [-0.4, -0.2) is 72.4 Å². The molecular formula is C17H26O11S3. The summed E-state index contributed by atoms with van der Waals surface area (Å²) in [4.78, 5) is 12.4. The molecule has 4 fully saturated rings. The van der Waals surface area contributed by atoms with E-state index < -0.39 is 58.7 Å². The van der Waals surface area contributed by atoms with Gasteiger partial charge in [0.15, 0.2) is 0 Å². The molecule has 4 saturated carbocycles. The van der Waals surface area contributed by atoms with Crippen molar-refractivity contribution in [2.75, 3.05) is 18.8 Å². The van der Waals surface area contributed by atoms with E-state index in [2.05, 4.69) is 6.58 Å². The van der Waals surface area contributed by atoms with Gasteiger partial charge in [-0.15, -0.1) is 0 Å². The molecule has 31 heavy (non-hydrogen) atoms. The second-order valence-corrected chi connectivity index (χ2v) is 14.0. The predicted octanol–water partition coefficient (Wildman–Crippen LogP) is 0.371. The molecule has 0 aromatic heterocycles. The SMILES string of the molecule is C=C(C)C(=O)OC12CC3(OS(C)(=O)=O)CC(OS(C)(=O)=O)(C1)CC(OS(C)(=O)=O)(C2)C3. The van der Waals surface area contributed by atoms with E-state index >= 15 is 0 Å². The highest BCUT2D eigenvalue weighted by molar-refractivity contribution is 7.86. The smallest absolute Gasteiger partial charge is 0.333 e. The molecule has 0 unspecified atom stereocenters. The highest BCUT2D eigenvalue weighted by atomic mass is 32.2. The molecule has 0 atom stereocenters. The number of hydrogen-bond donors (Lipinski definition) is 0. The van der Waals surface area contributed by atoms with Gasteiger partial charge in [-0.3, -0.25) is 12.5 Å². The first-order chi connectivity index (χ1) is 13.7. The lowest BCUT2D eigenvalue weighted by Crippen LogP contribution is -2.74. The number of carbonyl (C=O) groups excluding carboxylic acids is 1. The largest absolute Gasteiger partial charge is 0.455 e. The predicted molar refractivity (Wildman–Crippen MR) is 107 cm³/mol. The van der Waals surface area contributed by atoms with Crippen molar-refractivity contribution in [3.05, 3.63) is 12.2 Å². The molecule has 14 heteroatoms. The minimum Gasteiger partial charge on any atom is -0.455 e. The minimum atomic E-state index is -4.07. The van der Waals surface area contributed by atoms with E-state index in [1.165, 1.54) is 6.92 Å². The first-order valence-electron chi connectivity index (χ1n) is 9.30. The summed E-state index contributed by atoms with van der Waals surface area (Å²) >= 11 is 0. The van der Waals surface area contributed by atoms with Gasteiger partial charge in [0.1, 0.15) is 5.60 Å². The van der Waals surface area contributed by atoms with Crippen LogP contribution >= 0.6 is 0 Å². The molecule has 4 bridgehead atoms. The van der Waals surface area contributed by atoms with Gasteiger partial charge in [-0.25, -0.2) is 4.79 Å². The summed E-state index contributed by atoms with van der Waals surface area (Å²) in [6, 6.07) is 0. The molecule has 0 aromatic carbocycles. The van der Waals surface area contributed by atoms with Gasteiger partial charge in [0.05, 0.1) is 35.6 Å². The summed E-state index contributed by atoms with van der Waals surface area (Å²) in [5.41, 5.74) is -6.19. The first-order valence-corrected chi connectivity index (χ1v) is 14.7. The van der Waals surface area contributed by atoms with E-state index in [-0.39, 0.29) is 44.1 Å². The second-order valence-electron chi connectivity index (χ2n) is 9.32. The standard InChI is InChI=1S/C17H26O11S3/c1-12(2)13(18)25-14-6-15(26-29(3,19)20)9-16(7-14,27-30(4,21)22)11-17(8-14,10-15)28-31(5,23)24/h1,6-11H2,2-5H3. The monoisotopic (exact) mass is 502 g/mol. The zero-order valence-corrected chi connectivity index (χ0v) is 20.1. The third-order valence-electron chi connectivity index (χ3n) is 5.51. The lowest BCUT2D eigenvalue weighted by atomic mass is 9.48. The molecule has 0 spiro atoms. The maximum atomic E-state index is 12.4. The fourth-order valence-corrected chi connectivity index (χ4v) is 8.35. The lowest BCUT2D eigenvalue weighted by molar-refractivity contribution is -0.279. The Morgan fingerprint density at radius 2 is 0.903 bits per heavy atom. The number of hydrogen-bond acceptors (Lipinski definition) is 11. The molecule has 4 rings (SSSR count). The Labute approximate surface area is 182 Å². The Hall–Kier alpha value is -1.06. The van der Waals surface area contributed by atoms with Crippen molar-refractivity contribution in [1.29, 1.82) is 0 Å². The molecular weight excluding hydrogens is 476 g/mol. The summed E-state index contributed by atoms with van der Waals surface area (Å²) in [7, 11) is -12.2. The maximum Gasteiger partial charge on any atom is 0.333 e. The summed E-state index contributed by atoms with van der Waals surface area (Å²) < 4.78 is 94.3. The molecule has 0 saturated heterocycles. The second kappa shape index (κ2) is 6.97. The van der Waals surface area contributed by atoms with Crippen LogP contribution in [0.2, 0.25) is 0 Å². The van der Waals surface area contributed by atoms with Crippen LogP contribution < -0.4 is 0 Å².